The summed E-state index contributed by atoms with van der Waals surface area (Å²) in [6.07, 6.45) is 0. The van der Waals surface area contributed by atoms with Crippen LogP contribution >= 0.6 is 23.1 Å². The van der Waals surface area contributed by atoms with Gasteiger partial charge in [-0.1, -0.05) is 23.1 Å². The summed E-state index contributed by atoms with van der Waals surface area (Å²) in [5.41, 5.74) is 0. The van der Waals surface area contributed by atoms with E-state index < -0.39 is 0 Å². The summed E-state index contributed by atoms with van der Waals surface area (Å²) >= 11 is 2.90. The third-order valence-electron chi connectivity index (χ3n) is 1.48. The van der Waals surface area contributed by atoms with E-state index in [2.05, 4.69) is 15.5 Å². The Balaban J connectivity index is 2.41. The maximum absolute atomic E-state index is 11.2. The number of nitrogens with one attached hydrogen (secondary N) is 1. The van der Waals surface area contributed by atoms with Gasteiger partial charge in [0, 0.05) is 20.6 Å². The number of carbonyl (C=O) groups is 1. The molecule has 5 nitrogen and oxygen atoms in total. The second-order valence-corrected chi connectivity index (χ2v) is 5.17. The number of amides is 1. The first-order chi connectivity index (χ1) is 7.13. The smallest absolute Gasteiger partial charge is 0.230 e. The van der Waals surface area contributed by atoms with E-state index >= 15 is 0 Å². The largest absolute Gasteiger partial charge is 0.356 e. The third kappa shape index (κ3) is 4.05. The van der Waals surface area contributed by atoms with Crippen molar-refractivity contribution in [1.82, 2.24) is 15.5 Å². The van der Waals surface area contributed by atoms with Crippen LogP contribution in [0, 0.1) is 0 Å². The van der Waals surface area contributed by atoms with Gasteiger partial charge >= 0.3 is 0 Å². The van der Waals surface area contributed by atoms with E-state index in [0.717, 1.165) is 9.47 Å². The van der Waals surface area contributed by atoms with Gasteiger partial charge in [0.1, 0.15) is 0 Å². The molecule has 0 aliphatic carbocycles. The lowest BCUT2D eigenvalue weighted by Gasteiger charge is -2.03. The lowest BCUT2D eigenvalue weighted by Crippen LogP contribution is -2.24. The number of hydrogen-bond donors (Lipinski definition) is 1. The lowest BCUT2D eigenvalue weighted by molar-refractivity contribution is -0.118. The van der Waals surface area contributed by atoms with Crippen LogP contribution in [-0.4, -0.2) is 42.5 Å². The zero-order valence-electron chi connectivity index (χ0n) is 8.98. The molecule has 1 aromatic heterocycles. The highest BCUT2D eigenvalue weighted by atomic mass is 32.2. The molecule has 1 rings (SSSR count). The second kappa shape index (κ2) is 5.92. The Hall–Kier alpha value is -0.820. The van der Waals surface area contributed by atoms with E-state index in [9.17, 15) is 4.79 Å². The van der Waals surface area contributed by atoms with Gasteiger partial charge in [0.25, 0.3) is 0 Å². The van der Waals surface area contributed by atoms with Gasteiger partial charge in [-0.05, 0) is 6.92 Å². The van der Waals surface area contributed by atoms with Gasteiger partial charge in [0.15, 0.2) is 4.34 Å². The predicted octanol–water partition coefficient (Wildman–Crippen LogP) is 0.832. The summed E-state index contributed by atoms with van der Waals surface area (Å²) in [4.78, 5) is 13.1. The molecule has 0 atom stereocenters. The Morgan fingerprint density at radius 2 is 2.27 bits per heavy atom. The molecule has 0 bridgehead atoms. The van der Waals surface area contributed by atoms with Crippen LogP contribution in [0.4, 0.5) is 5.13 Å². The van der Waals surface area contributed by atoms with Gasteiger partial charge in [0.2, 0.25) is 11.0 Å². The molecule has 0 aromatic carbocycles. The third-order valence-corrected chi connectivity index (χ3v) is 3.70. The summed E-state index contributed by atoms with van der Waals surface area (Å²) in [6.45, 7) is 2.57. The van der Waals surface area contributed by atoms with Gasteiger partial charge in [-0.3, -0.25) is 4.79 Å². The minimum atomic E-state index is 0.0316. The molecule has 7 heteroatoms. The predicted molar refractivity (Wildman–Crippen MR) is 63.6 cm³/mol. The minimum absolute atomic E-state index is 0.0316. The van der Waals surface area contributed by atoms with E-state index in [1.165, 1.54) is 23.1 Å². The molecule has 1 N–H and O–H groups in total. The van der Waals surface area contributed by atoms with Crippen molar-refractivity contribution in [1.29, 1.82) is 0 Å². The monoisotopic (exact) mass is 246 g/mol. The zero-order chi connectivity index (χ0) is 11.3. The Kier molecular flexibility index (Phi) is 4.83. The van der Waals surface area contributed by atoms with E-state index in [4.69, 9.17) is 0 Å². The molecule has 0 saturated carbocycles. The zero-order valence-corrected chi connectivity index (χ0v) is 10.6. The fraction of sp³-hybridized carbons (Fsp3) is 0.625. The molecule has 84 valence electrons. The first kappa shape index (κ1) is 12.3. The number of rotatable bonds is 5. The molecule has 1 heterocycles. The van der Waals surface area contributed by atoms with Crippen molar-refractivity contribution in [2.24, 2.45) is 0 Å². The molecule has 0 radical (unpaired) electrons. The summed E-state index contributed by atoms with van der Waals surface area (Å²) in [7, 11) is 3.83. The van der Waals surface area contributed by atoms with Crippen molar-refractivity contribution in [2.75, 3.05) is 31.3 Å². The molecule has 15 heavy (non-hydrogen) atoms. The van der Waals surface area contributed by atoms with Crippen molar-refractivity contribution in [2.45, 2.75) is 11.3 Å². The van der Waals surface area contributed by atoms with Crippen LogP contribution in [0.1, 0.15) is 6.92 Å². The molecule has 1 aromatic rings. The molecule has 0 spiro atoms. The number of anilines is 1. The molecule has 1 amide bonds. The van der Waals surface area contributed by atoms with Gasteiger partial charge in [-0.2, -0.15) is 0 Å². The maximum atomic E-state index is 11.2. The van der Waals surface area contributed by atoms with Crippen LogP contribution in [0.2, 0.25) is 0 Å². The summed E-state index contributed by atoms with van der Waals surface area (Å²) in [5, 5.41) is 11.5. The first-order valence-corrected chi connectivity index (χ1v) is 6.34. The van der Waals surface area contributed by atoms with Crippen LogP contribution in [0.3, 0.4) is 0 Å². The van der Waals surface area contributed by atoms with E-state index in [0.29, 0.717) is 12.3 Å². The molecule has 0 fully saturated rings. The quantitative estimate of drug-likeness (QED) is 0.780. The lowest BCUT2D eigenvalue weighted by atomic mass is 10.6. The number of hydrogen-bond acceptors (Lipinski definition) is 6. The average molecular weight is 246 g/mol. The van der Waals surface area contributed by atoms with Crippen LogP contribution in [-0.2, 0) is 4.79 Å². The van der Waals surface area contributed by atoms with Gasteiger partial charge < -0.3 is 10.2 Å². The second-order valence-electron chi connectivity index (χ2n) is 2.99. The number of carbonyl (C=O) groups excluding carboxylic acids is 1. The average Bonchev–Trinajstić information content (AvgIpc) is 2.63. The fourth-order valence-corrected chi connectivity index (χ4v) is 2.41. The van der Waals surface area contributed by atoms with Crippen molar-refractivity contribution >= 4 is 34.1 Å². The van der Waals surface area contributed by atoms with Crippen molar-refractivity contribution in [3.05, 3.63) is 0 Å². The van der Waals surface area contributed by atoms with E-state index in [1.54, 1.807) is 0 Å². The standard InChI is InChI=1S/C8H14N4OS2/c1-4-9-6(13)5-14-8-11-10-7(15-8)12(2)3/h4-5H2,1-3H3,(H,9,13). The Labute approximate surface area is 97.3 Å². The maximum Gasteiger partial charge on any atom is 0.230 e. The topological polar surface area (TPSA) is 58.1 Å². The SMILES string of the molecule is CCNC(=O)CSc1nnc(N(C)C)s1. The minimum Gasteiger partial charge on any atom is -0.356 e. The number of thioether (sulfide) groups is 1. The van der Waals surface area contributed by atoms with Crippen molar-refractivity contribution in [3.8, 4) is 0 Å². The van der Waals surface area contributed by atoms with Gasteiger partial charge in [0.05, 0.1) is 5.75 Å². The number of aromatic nitrogens is 2. The highest BCUT2D eigenvalue weighted by Crippen LogP contribution is 2.26. The van der Waals surface area contributed by atoms with Crippen LogP contribution in [0.25, 0.3) is 0 Å². The summed E-state index contributed by atoms with van der Waals surface area (Å²) < 4.78 is 0.824. The van der Waals surface area contributed by atoms with Crippen LogP contribution in [0.5, 0.6) is 0 Å². The molecule has 0 unspecified atom stereocenters. The highest BCUT2D eigenvalue weighted by molar-refractivity contribution is 8.01. The fourth-order valence-electron chi connectivity index (χ4n) is 0.817. The Morgan fingerprint density at radius 3 is 2.80 bits per heavy atom. The molecular weight excluding hydrogens is 232 g/mol. The van der Waals surface area contributed by atoms with Crippen LogP contribution in [0.15, 0.2) is 4.34 Å². The normalized spacial score (nSPS) is 10.1. The first-order valence-electron chi connectivity index (χ1n) is 4.53. The molecule has 0 saturated heterocycles. The van der Waals surface area contributed by atoms with Crippen molar-refractivity contribution < 1.29 is 4.79 Å². The summed E-state index contributed by atoms with van der Waals surface area (Å²) in [5.74, 6) is 0.430. The highest BCUT2D eigenvalue weighted by Gasteiger charge is 2.08. The van der Waals surface area contributed by atoms with Crippen LogP contribution < -0.4 is 10.2 Å². The molecule has 0 aliphatic rings. The molecule has 0 aliphatic heterocycles. The van der Waals surface area contributed by atoms with Crippen molar-refractivity contribution in [3.63, 3.8) is 0 Å². The van der Waals surface area contributed by atoms with Gasteiger partial charge in [-0.25, -0.2) is 0 Å². The van der Waals surface area contributed by atoms with E-state index in [1.807, 2.05) is 25.9 Å². The van der Waals surface area contributed by atoms with E-state index in [-0.39, 0.29) is 5.91 Å². The van der Waals surface area contributed by atoms with Gasteiger partial charge in [-0.15, -0.1) is 10.2 Å². The number of nitrogens with zero attached hydrogens (tertiary/aromatic N) is 3. The Bertz CT molecular complexity index is 326. The Morgan fingerprint density at radius 1 is 1.53 bits per heavy atom. The molecular formula is C8H14N4OS2. The summed E-state index contributed by atoms with van der Waals surface area (Å²) in [6, 6.07) is 0.